The van der Waals surface area contributed by atoms with Crippen LogP contribution >= 0.6 is 0 Å². The fourth-order valence-electron chi connectivity index (χ4n) is 1.66. The van der Waals surface area contributed by atoms with Gasteiger partial charge in [-0.25, -0.2) is 13.2 Å². The molecule has 0 aliphatic heterocycles. The van der Waals surface area contributed by atoms with Gasteiger partial charge in [-0.3, -0.25) is 0 Å². The number of benzene rings is 1. The zero-order chi connectivity index (χ0) is 15.8. The molecule has 0 amide bonds. The van der Waals surface area contributed by atoms with Gasteiger partial charge < -0.3 is 4.42 Å². The van der Waals surface area contributed by atoms with Crippen molar-refractivity contribution in [2.24, 2.45) is 0 Å². The topological polar surface area (TPSA) is 64.3 Å². The Hall–Kier alpha value is -2.09. The Morgan fingerprint density at radius 3 is 2.00 bits per heavy atom. The van der Waals surface area contributed by atoms with E-state index >= 15 is 0 Å². The predicted molar refractivity (Wildman–Crippen MR) is 68.5 cm³/mol. The largest absolute Gasteiger partial charge is 0.449 e. The van der Waals surface area contributed by atoms with E-state index in [4.69, 9.17) is 0 Å². The van der Waals surface area contributed by atoms with Crippen molar-refractivity contribution in [2.45, 2.75) is 11.1 Å². The second kappa shape index (κ2) is 5.03. The lowest BCUT2D eigenvalue weighted by Gasteiger charge is -2.06. The molecule has 0 aliphatic rings. The highest BCUT2D eigenvalue weighted by molar-refractivity contribution is 7.90. The van der Waals surface area contributed by atoms with E-state index in [9.17, 15) is 26.4 Å². The van der Waals surface area contributed by atoms with Crippen LogP contribution in [-0.4, -0.2) is 14.7 Å². The minimum atomic E-state index is -4.74. The van der Waals surface area contributed by atoms with Crippen LogP contribution in [0.2, 0.25) is 0 Å². The van der Waals surface area contributed by atoms with Gasteiger partial charge in [0.1, 0.15) is 0 Å². The minimum absolute atomic E-state index is 0.0440. The lowest BCUT2D eigenvalue weighted by atomic mass is 10.1. The monoisotopic (exact) mass is 318 g/mol. The van der Waals surface area contributed by atoms with Gasteiger partial charge in [-0.2, -0.15) is 13.2 Å². The van der Waals surface area contributed by atoms with Gasteiger partial charge >= 0.3 is 11.8 Å². The molecule has 0 saturated heterocycles. The van der Waals surface area contributed by atoms with Crippen LogP contribution in [0.5, 0.6) is 0 Å². The zero-order valence-electron chi connectivity index (χ0n) is 10.6. The number of hydrogen-bond donors (Lipinski definition) is 0. The molecule has 0 radical (unpaired) electrons. The maximum atomic E-state index is 12.4. The highest BCUT2D eigenvalue weighted by Crippen LogP contribution is 2.29. The van der Waals surface area contributed by atoms with E-state index in [1.165, 1.54) is 24.3 Å². The number of alkyl halides is 3. The lowest BCUT2D eigenvalue weighted by Crippen LogP contribution is -2.11. The molecule has 1 aromatic heterocycles. The molecule has 0 aliphatic carbocycles. The Morgan fingerprint density at radius 1 is 1.00 bits per heavy atom. The summed E-state index contributed by atoms with van der Waals surface area (Å²) in [7, 11) is -3.39. The molecule has 0 atom stereocenters. The third-order valence-corrected chi connectivity index (χ3v) is 3.83. The van der Waals surface area contributed by atoms with Crippen molar-refractivity contribution in [3.8, 4) is 11.1 Å². The number of hydrogen-bond acceptors (Lipinski definition) is 4. The Bertz CT molecular complexity index is 818. The summed E-state index contributed by atoms with van der Waals surface area (Å²) in [5, 5.41) is 0. The van der Waals surface area contributed by atoms with E-state index in [1.807, 2.05) is 0 Å². The molecule has 0 saturated carbocycles. The lowest BCUT2D eigenvalue weighted by molar-refractivity contribution is -0.154. The summed E-state index contributed by atoms with van der Waals surface area (Å²) in [5.74, 6) is -1.39. The smallest absolute Gasteiger partial charge is 0.418 e. The van der Waals surface area contributed by atoms with Crippen LogP contribution in [0.3, 0.4) is 0 Å². The van der Waals surface area contributed by atoms with Gasteiger partial charge in [-0.15, -0.1) is 0 Å². The average molecular weight is 318 g/mol. The first-order chi connectivity index (χ1) is 9.59. The van der Waals surface area contributed by atoms with Crippen LogP contribution in [0.15, 0.2) is 50.5 Å². The molecule has 0 unspecified atom stereocenters. The zero-order valence-corrected chi connectivity index (χ0v) is 11.5. The fraction of sp³-hybridized carbons (Fsp3) is 0.154. The van der Waals surface area contributed by atoms with Gasteiger partial charge in [0.2, 0.25) is 5.76 Å². The predicted octanol–water partition coefficient (Wildman–Crippen LogP) is 2.73. The van der Waals surface area contributed by atoms with Crippen molar-refractivity contribution in [3.05, 3.63) is 52.6 Å². The summed E-state index contributed by atoms with van der Waals surface area (Å²) in [5.41, 5.74) is -0.954. The van der Waals surface area contributed by atoms with E-state index < -0.39 is 27.4 Å². The number of rotatable bonds is 2. The van der Waals surface area contributed by atoms with Gasteiger partial charge in [0.05, 0.1) is 10.5 Å². The normalized spacial score (nSPS) is 12.4. The summed E-state index contributed by atoms with van der Waals surface area (Å²) in [6.07, 6.45) is -3.72. The molecule has 8 heteroatoms. The van der Waals surface area contributed by atoms with Crippen molar-refractivity contribution < 1.29 is 26.0 Å². The van der Waals surface area contributed by atoms with Crippen molar-refractivity contribution >= 4 is 9.84 Å². The molecule has 2 rings (SSSR count). The van der Waals surface area contributed by atoms with Crippen LogP contribution in [-0.2, 0) is 16.0 Å². The van der Waals surface area contributed by atoms with Gasteiger partial charge in [-0.1, -0.05) is 12.1 Å². The maximum Gasteiger partial charge on any atom is 0.449 e. The number of sulfone groups is 1. The van der Waals surface area contributed by atoms with Gasteiger partial charge in [0, 0.05) is 6.26 Å². The van der Waals surface area contributed by atoms with Crippen molar-refractivity contribution in [2.75, 3.05) is 6.26 Å². The van der Waals surface area contributed by atoms with Crippen molar-refractivity contribution in [3.63, 3.8) is 0 Å². The quantitative estimate of drug-likeness (QED) is 0.854. The summed E-state index contributed by atoms with van der Waals surface area (Å²) in [4.78, 5) is 11.6. The average Bonchev–Trinajstić information content (AvgIpc) is 2.36. The van der Waals surface area contributed by atoms with Gasteiger partial charge in [0.15, 0.2) is 9.84 Å². The van der Waals surface area contributed by atoms with Crippen molar-refractivity contribution in [1.82, 2.24) is 0 Å². The third kappa shape index (κ3) is 3.33. The summed E-state index contributed by atoms with van der Waals surface area (Å²) < 4.78 is 64.0. The Labute approximate surface area is 117 Å². The maximum absolute atomic E-state index is 12.4. The van der Waals surface area contributed by atoms with E-state index in [1.54, 1.807) is 0 Å². The van der Waals surface area contributed by atoms with Gasteiger partial charge in [-0.05, 0) is 29.8 Å². The van der Waals surface area contributed by atoms with E-state index in [-0.39, 0.29) is 16.0 Å². The highest BCUT2D eigenvalue weighted by Gasteiger charge is 2.34. The second-order valence-electron chi connectivity index (χ2n) is 4.30. The Balaban J connectivity index is 2.46. The summed E-state index contributed by atoms with van der Waals surface area (Å²) >= 11 is 0. The van der Waals surface area contributed by atoms with Crippen LogP contribution < -0.4 is 5.63 Å². The first kappa shape index (κ1) is 15.3. The first-order valence-corrected chi connectivity index (χ1v) is 7.50. The molecular weight excluding hydrogens is 309 g/mol. The molecule has 0 spiro atoms. The van der Waals surface area contributed by atoms with Crippen LogP contribution in [0.25, 0.3) is 11.1 Å². The van der Waals surface area contributed by atoms with E-state index in [0.717, 1.165) is 12.3 Å². The molecule has 0 N–H and O–H groups in total. The molecule has 0 fully saturated rings. The summed E-state index contributed by atoms with van der Waals surface area (Å²) in [6.45, 7) is 0. The Morgan fingerprint density at radius 2 is 1.57 bits per heavy atom. The first-order valence-electron chi connectivity index (χ1n) is 5.61. The minimum Gasteiger partial charge on any atom is -0.418 e. The Kier molecular flexibility index (Phi) is 3.66. The fourth-order valence-corrected chi connectivity index (χ4v) is 2.29. The van der Waals surface area contributed by atoms with Crippen LogP contribution in [0.4, 0.5) is 13.2 Å². The third-order valence-electron chi connectivity index (χ3n) is 2.70. The summed E-state index contributed by atoms with van der Waals surface area (Å²) in [6, 6.07) is 6.83. The molecule has 112 valence electrons. The SMILES string of the molecule is CS(=O)(=O)c1ccc(-c2ccc(C(F)(F)F)oc2=O)cc1. The highest BCUT2D eigenvalue weighted by atomic mass is 32.2. The molecule has 4 nitrogen and oxygen atoms in total. The molecular formula is C13H9F3O4S. The molecule has 1 aromatic carbocycles. The van der Waals surface area contributed by atoms with Gasteiger partial charge in [0.25, 0.3) is 0 Å². The molecule has 0 bridgehead atoms. The molecule has 21 heavy (non-hydrogen) atoms. The molecule has 1 heterocycles. The van der Waals surface area contributed by atoms with Crippen LogP contribution in [0, 0.1) is 0 Å². The van der Waals surface area contributed by atoms with E-state index in [0.29, 0.717) is 6.07 Å². The van der Waals surface area contributed by atoms with Crippen molar-refractivity contribution in [1.29, 1.82) is 0 Å². The second-order valence-corrected chi connectivity index (χ2v) is 6.31. The molecule has 2 aromatic rings. The van der Waals surface area contributed by atoms with E-state index in [2.05, 4.69) is 4.42 Å². The number of halogens is 3. The van der Waals surface area contributed by atoms with Crippen LogP contribution in [0.1, 0.15) is 5.76 Å². The standard InChI is InChI=1S/C13H9F3O4S/c1-21(18,19)9-4-2-8(3-5-9)10-6-7-11(13(14,15)16)20-12(10)17/h2-7H,1H3.